The van der Waals surface area contributed by atoms with Crippen LogP contribution in [0.15, 0.2) is 46.0 Å². The molecule has 0 saturated heterocycles. The third-order valence-electron chi connectivity index (χ3n) is 2.20. The molecule has 0 aliphatic heterocycles. The average Bonchev–Trinajstić information content (AvgIpc) is 2.81. The molecule has 0 saturated carbocycles. The fraction of sp³-hybridized carbons (Fsp3) is 0.154. The van der Waals surface area contributed by atoms with Crippen molar-refractivity contribution in [2.24, 2.45) is 0 Å². The smallest absolute Gasteiger partial charge is 0.234 e. The zero-order valence-corrected chi connectivity index (χ0v) is 11.1. The highest BCUT2D eigenvalue weighted by Crippen LogP contribution is 2.19. The fourth-order valence-electron chi connectivity index (χ4n) is 1.32. The van der Waals surface area contributed by atoms with Crippen LogP contribution in [0.3, 0.4) is 0 Å². The van der Waals surface area contributed by atoms with Gasteiger partial charge in [-0.25, -0.2) is 0 Å². The Balaban J connectivity index is 1.82. The second-order valence-electron chi connectivity index (χ2n) is 3.66. The Morgan fingerprint density at radius 1 is 1.29 bits per heavy atom. The van der Waals surface area contributed by atoms with Crippen LogP contribution in [0.25, 0.3) is 0 Å². The third-order valence-corrected chi connectivity index (χ3v) is 3.89. The quantitative estimate of drug-likeness (QED) is 0.850. The SMILES string of the molecule is Cc1ccc(SCC(=O)Nc2ccsc2)cc1. The van der Waals surface area contributed by atoms with Crippen molar-refractivity contribution in [3.63, 3.8) is 0 Å². The van der Waals surface area contributed by atoms with Gasteiger partial charge in [0.15, 0.2) is 0 Å². The van der Waals surface area contributed by atoms with E-state index in [0.717, 1.165) is 10.6 Å². The van der Waals surface area contributed by atoms with Gasteiger partial charge < -0.3 is 5.32 Å². The molecule has 0 bridgehead atoms. The van der Waals surface area contributed by atoms with Gasteiger partial charge in [-0.05, 0) is 30.5 Å². The molecule has 1 N–H and O–H groups in total. The van der Waals surface area contributed by atoms with Crippen molar-refractivity contribution in [3.05, 3.63) is 46.7 Å². The van der Waals surface area contributed by atoms with Gasteiger partial charge in [-0.2, -0.15) is 11.3 Å². The number of hydrogen-bond donors (Lipinski definition) is 1. The maximum absolute atomic E-state index is 11.6. The Labute approximate surface area is 109 Å². The molecule has 2 nitrogen and oxygen atoms in total. The number of thiophene rings is 1. The molecule has 0 atom stereocenters. The Bertz CT molecular complexity index is 477. The lowest BCUT2D eigenvalue weighted by atomic mass is 10.2. The van der Waals surface area contributed by atoms with E-state index in [-0.39, 0.29) is 5.91 Å². The van der Waals surface area contributed by atoms with E-state index in [1.54, 1.807) is 23.1 Å². The van der Waals surface area contributed by atoms with Crippen LogP contribution in [0, 0.1) is 6.92 Å². The summed E-state index contributed by atoms with van der Waals surface area (Å²) in [5.41, 5.74) is 2.11. The summed E-state index contributed by atoms with van der Waals surface area (Å²) in [7, 11) is 0. The van der Waals surface area contributed by atoms with Crippen LogP contribution >= 0.6 is 23.1 Å². The first kappa shape index (κ1) is 12.2. The van der Waals surface area contributed by atoms with E-state index in [4.69, 9.17) is 0 Å². The van der Waals surface area contributed by atoms with Gasteiger partial charge in [0.2, 0.25) is 5.91 Å². The molecule has 0 aliphatic carbocycles. The Kier molecular flexibility index (Phi) is 4.23. The summed E-state index contributed by atoms with van der Waals surface area (Å²) in [4.78, 5) is 12.7. The lowest BCUT2D eigenvalue weighted by Crippen LogP contribution is -2.13. The van der Waals surface area contributed by atoms with Gasteiger partial charge in [0, 0.05) is 10.3 Å². The van der Waals surface area contributed by atoms with Crippen molar-refractivity contribution in [2.45, 2.75) is 11.8 Å². The molecule has 1 amide bonds. The maximum atomic E-state index is 11.6. The molecule has 88 valence electrons. The number of anilines is 1. The Morgan fingerprint density at radius 2 is 2.06 bits per heavy atom. The molecule has 17 heavy (non-hydrogen) atoms. The highest BCUT2D eigenvalue weighted by Gasteiger charge is 2.03. The number of rotatable bonds is 4. The first-order valence-corrected chi connectivity index (χ1v) is 7.18. The lowest BCUT2D eigenvalue weighted by Gasteiger charge is -2.03. The minimum absolute atomic E-state index is 0.0361. The van der Waals surface area contributed by atoms with Gasteiger partial charge in [0.1, 0.15) is 0 Å². The van der Waals surface area contributed by atoms with Crippen molar-refractivity contribution in [3.8, 4) is 0 Å². The molecular weight excluding hydrogens is 250 g/mol. The molecule has 0 unspecified atom stereocenters. The maximum Gasteiger partial charge on any atom is 0.234 e. The molecule has 0 spiro atoms. The molecule has 1 aromatic heterocycles. The zero-order valence-electron chi connectivity index (χ0n) is 9.47. The topological polar surface area (TPSA) is 29.1 Å². The van der Waals surface area contributed by atoms with E-state index >= 15 is 0 Å². The Morgan fingerprint density at radius 3 is 2.71 bits per heavy atom. The van der Waals surface area contributed by atoms with E-state index in [1.165, 1.54) is 5.56 Å². The highest BCUT2D eigenvalue weighted by molar-refractivity contribution is 8.00. The number of amides is 1. The van der Waals surface area contributed by atoms with E-state index < -0.39 is 0 Å². The van der Waals surface area contributed by atoms with Crippen molar-refractivity contribution in [2.75, 3.05) is 11.1 Å². The van der Waals surface area contributed by atoms with Crippen LogP contribution in [-0.2, 0) is 4.79 Å². The first-order chi connectivity index (χ1) is 8.24. The summed E-state index contributed by atoms with van der Waals surface area (Å²) in [6.07, 6.45) is 0. The lowest BCUT2D eigenvalue weighted by molar-refractivity contribution is -0.113. The van der Waals surface area contributed by atoms with Gasteiger partial charge in [-0.1, -0.05) is 17.7 Å². The first-order valence-electron chi connectivity index (χ1n) is 5.25. The molecule has 2 rings (SSSR count). The van der Waals surface area contributed by atoms with Crippen LogP contribution in [0.2, 0.25) is 0 Å². The normalized spacial score (nSPS) is 10.2. The van der Waals surface area contributed by atoms with Crippen LogP contribution < -0.4 is 5.32 Å². The number of aryl methyl sites for hydroxylation is 1. The van der Waals surface area contributed by atoms with Gasteiger partial charge in [-0.3, -0.25) is 4.79 Å². The average molecular weight is 263 g/mol. The molecule has 4 heteroatoms. The van der Waals surface area contributed by atoms with Crippen molar-refractivity contribution in [1.82, 2.24) is 0 Å². The van der Waals surface area contributed by atoms with Crippen LogP contribution in [0.4, 0.5) is 5.69 Å². The molecule has 2 aromatic rings. The zero-order chi connectivity index (χ0) is 12.1. The summed E-state index contributed by atoms with van der Waals surface area (Å²) >= 11 is 3.13. The highest BCUT2D eigenvalue weighted by atomic mass is 32.2. The third kappa shape index (κ3) is 3.91. The standard InChI is InChI=1S/C13H13NOS2/c1-10-2-4-12(5-3-10)17-9-13(15)14-11-6-7-16-8-11/h2-8H,9H2,1H3,(H,14,15). The number of hydrogen-bond acceptors (Lipinski definition) is 3. The predicted octanol–water partition coefficient (Wildman–Crippen LogP) is 3.79. The molecule has 0 aliphatic rings. The second kappa shape index (κ2) is 5.89. The van der Waals surface area contributed by atoms with Crippen LogP contribution in [0.1, 0.15) is 5.56 Å². The molecular formula is C13H13NOS2. The van der Waals surface area contributed by atoms with Crippen LogP contribution in [-0.4, -0.2) is 11.7 Å². The summed E-state index contributed by atoms with van der Waals surface area (Å²) in [6, 6.07) is 10.1. The number of benzene rings is 1. The van der Waals surface area contributed by atoms with Gasteiger partial charge >= 0.3 is 0 Å². The number of carbonyl (C=O) groups is 1. The molecule has 0 radical (unpaired) electrons. The van der Waals surface area contributed by atoms with Crippen molar-refractivity contribution >= 4 is 34.7 Å². The van der Waals surface area contributed by atoms with Gasteiger partial charge in [0.05, 0.1) is 11.4 Å². The minimum atomic E-state index is 0.0361. The molecule has 1 aromatic carbocycles. The fourth-order valence-corrected chi connectivity index (χ4v) is 2.60. The predicted molar refractivity (Wildman–Crippen MR) is 74.9 cm³/mol. The van der Waals surface area contributed by atoms with Crippen LogP contribution in [0.5, 0.6) is 0 Å². The summed E-state index contributed by atoms with van der Waals surface area (Å²) in [6.45, 7) is 2.05. The monoisotopic (exact) mass is 263 g/mol. The van der Waals surface area contributed by atoms with Gasteiger partial charge in [-0.15, -0.1) is 11.8 Å². The molecule has 0 fully saturated rings. The van der Waals surface area contributed by atoms with Gasteiger partial charge in [0.25, 0.3) is 0 Å². The van der Waals surface area contributed by atoms with Crippen molar-refractivity contribution < 1.29 is 4.79 Å². The number of thioether (sulfide) groups is 1. The number of nitrogens with one attached hydrogen (secondary N) is 1. The summed E-state index contributed by atoms with van der Waals surface area (Å²) < 4.78 is 0. The largest absolute Gasteiger partial charge is 0.325 e. The summed E-state index contributed by atoms with van der Waals surface area (Å²) in [5.74, 6) is 0.479. The number of carbonyl (C=O) groups excluding carboxylic acids is 1. The summed E-state index contributed by atoms with van der Waals surface area (Å²) in [5, 5.41) is 6.73. The van der Waals surface area contributed by atoms with E-state index in [1.807, 2.05) is 29.0 Å². The second-order valence-corrected chi connectivity index (χ2v) is 5.49. The van der Waals surface area contributed by atoms with E-state index in [2.05, 4.69) is 24.4 Å². The Hall–Kier alpha value is -1.26. The molecule has 1 heterocycles. The van der Waals surface area contributed by atoms with E-state index in [0.29, 0.717) is 5.75 Å². The van der Waals surface area contributed by atoms with E-state index in [9.17, 15) is 4.79 Å². The minimum Gasteiger partial charge on any atom is -0.325 e. The van der Waals surface area contributed by atoms with Crippen molar-refractivity contribution in [1.29, 1.82) is 0 Å².